The number of aryl methyl sites for hydroxylation is 1. The lowest BCUT2D eigenvalue weighted by atomic mass is 10.1. The Hall–Kier alpha value is -1.05. The minimum absolute atomic E-state index is 0.630. The van der Waals surface area contributed by atoms with Gasteiger partial charge >= 0.3 is 0 Å². The van der Waals surface area contributed by atoms with E-state index in [0.717, 1.165) is 12.2 Å². The van der Waals surface area contributed by atoms with Crippen molar-refractivity contribution in [3.8, 4) is 5.75 Å². The Bertz CT molecular complexity index is 296. The first-order valence-electron chi connectivity index (χ1n) is 5.34. The first-order chi connectivity index (χ1) is 6.81. The van der Waals surface area contributed by atoms with Gasteiger partial charge in [-0.15, -0.1) is 0 Å². The Labute approximate surface area is 86.3 Å². The third kappa shape index (κ3) is 2.06. The minimum Gasteiger partial charge on any atom is -0.495 e. The Balaban J connectivity index is 0.000000461. The van der Waals surface area contributed by atoms with Crippen molar-refractivity contribution in [3.05, 3.63) is 23.5 Å². The summed E-state index contributed by atoms with van der Waals surface area (Å²) >= 11 is 0. The topological polar surface area (TPSA) is 22.1 Å². The second kappa shape index (κ2) is 4.99. The molecule has 1 aromatic heterocycles. The molecule has 0 amide bonds. The second-order valence-electron chi connectivity index (χ2n) is 3.36. The molecule has 0 radical (unpaired) electrons. The number of nitrogens with zero attached hydrogens (tertiary/aromatic N) is 1. The molecule has 2 nitrogen and oxygen atoms in total. The van der Waals surface area contributed by atoms with Crippen LogP contribution < -0.4 is 4.74 Å². The molecule has 0 fully saturated rings. The summed E-state index contributed by atoms with van der Waals surface area (Å²) in [5.41, 5.74) is 2.62. The molecular formula is C12H19NO. The molecule has 1 unspecified atom stereocenters. The molecule has 0 aromatic carbocycles. The zero-order chi connectivity index (χ0) is 10.6. The normalized spacial score (nSPS) is 18.1. The summed E-state index contributed by atoms with van der Waals surface area (Å²) in [6.45, 7) is 6.23. The number of pyridine rings is 1. The van der Waals surface area contributed by atoms with Crippen molar-refractivity contribution >= 4 is 0 Å². The van der Waals surface area contributed by atoms with E-state index < -0.39 is 0 Å². The van der Waals surface area contributed by atoms with E-state index in [0.29, 0.717) is 5.92 Å². The third-order valence-corrected chi connectivity index (χ3v) is 2.53. The van der Waals surface area contributed by atoms with Gasteiger partial charge in [-0.1, -0.05) is 20.8 Å². The van der Waals surface area contributed by atoms with Gasteiger partial charge in [0.1, 0.15) is 5.75 Å². The van der Waals surface area contributed by atoms with Crippen LogP contribution in [0.2, 0.25) is 0 Å². The lowest BCUT2D eigenvalue weighted by Gasteiger charge is -2.04. The molecule has 2 rings (SSSR count). The summed E-state index contributed by atoms with van der Waals surface area (Å²) in [6.07, 6.45) is 4.19. The molecule has 0 aliphatic heterocycles. The molecule has 1 atom stereocenters. The summed E-state index contributed by atoms with van der Waals surface area (Å²) in [5, 5.41) is 0. The van der Waals surface area contributed by atoms with Crippen LogP contribution in [0.5, 0.6) is 5.75 Å². The monoisotopic (exact) mass is 193 g/mol. The van der Waals surface area contributed by atoms with Crippen LogP contribution in [-0.4, -0.2) is 12.1 Å². The van der Waals surface area contributed by atoms with E-state index in [9.17, 15) is 0 Å². The lowest BCUT2D eigenvalue weighted by molar-refractivity contribution is 0.412. The van der Waals surface area contributed by atoms with Gasteiger partial charge in [0.05, 0.1) is 13.3 Å². The van der Waals surface area contributed by atoms with E-state index >= 15 is 0 Å². The Morgan fingerprint density at radius 2 is 2.14 bits per heavy atom. The molecule has 0 bridgehead atoms. The maximum atomic E-state index is 5.11. The van der Waals surface area contributed by atoms with Crippen LogP contribution in [0.4, 0.5) is 0 Å². The SMILES string of the molecule is CC.COc1cnc2c(c1)CCC2C. The average Bonchev–Trinajstić information content (AvgIpc) is 2.63. The molecule has 1 aliphatic carbocycles. The number of hydrogen-bond acceptors (Lipinski definition) is 2. The van der Waals surface area contributed by atoms with Crippen LogP contribution in [0.15, 0.2) is 12.3 Å². The van der Waals surface area contributed by atoms with Gasteiger partial charge < -0.3 is 4.74 Å². The second-order valence-corrected chi connectivity index (χ2v) is 3.36. The standard InChI is InChI=1S/C10H13NO.C2H6/c1-7-3-4-8-5-9(12-2)6-11-10(7)8;1-2/h5-7H,3-4H2,1-2H3;1-2H3. The molecule has 78 valence electrons. The number of rotatable bonds is 1. The van der Waals surface area contributed by atoms with Gasteiger partial charge in [0.25, 0.3) is 0 Å². The quantitative estimate of drug-likeness (QED) is 0.683. The number of fused-ring (bicyclic) bond motifs is 1. The Morgan fingerprint density at radius 3 is 2.79 bits per heavy atom. The van der Waals surface area contributed by atoms with Crippen molar-refractivity contribution in [2.45, 2.75) is 39.5 Å². The summed E-state index contributed by atoms with van der Waals surface area (Å²) < 4.78 is 5.11. The molecule has 0 saturated heterocycles. The fourth-order valence-electron chi connectivity index (χ4n) is 1.76. The smallest absolute Gasteiger partial charge is 0.137 e. The highest BCUT2D eigenvalue weighted by Crippen LogP contribution is 2.32. The zero-order valence-electron chi connectivity index (χ0n) is 9.50. The number of ether oxygens (including phenoxy) is 1. The number of methoxy groups -OCH3 is 1. The fourth-order valence-corrected chi connectivity index (χ4v) is 1.76. The molecule has 2 heteroatoms. The molecule has 0 spiro atoms. The van der Waals surface area contributed by atoms with Gasteiger partial charge in [0.2, 0.25) is 0 Å². The van der Waals surface area contributed by atoms with Crippen molar-refractivity contribution < 1.29 is 4.74 Å². The van der Waals surface area contributed by atoms with Gasteiger partial charge in [-0.2, -0.15) is 0 Å². The first kappa shape index (κ1) is 11.0. The molecule has 14 heavy (non-hydrogen) atoms. The summed E-state index contributed by atoms with van der Waals surface area (Å²) in [7, 11) is 1.68. The first-order valence-corrected chi connectivity index (χ1v) is 5.34. The summed E-state index contributed by atoms with van der Waals surface area (Å²) in [6, 6.07) is 2.10. The van der Waals surface area contributed by atoms with Gasteiger partial charge in [-0.25, -0.2) is 0 Å². The van der Waals surface area contributed by atoms with Crippen molar-refractivity contribution in [1.82, 2.24) is 4.98 Å². The maximum Gasteiger partial charge on any atom is 0.137 e. The highest BCUT2D eigenvalue weighted by atomic mass is 16.5. The van der Waals surface area contributed by atoms with Crippen LogP contribution in [0.3, 0.4) is 0 Å². The van der Waals surface area contributed by atoms with E-state index in [-0.39, 0.29) is 0 Å². The summed E-state index contributed by atoms with van der Waals surface area (Å²) in [5.74, 6) is 1.51. The van der Waals surface area contributed by atoms with Crippen LogP contribution in [0.25, 0.3) is 0 Å². The van der Waals surface area contributed by atoms with Crippen LogP contribution >= 0.6 is 0 Å². The molecule has 1 aromatic rings. The van der Waals surface area contributed by atoms with Crippen molar-refractivity contribution in [3.63, 3.8) is 0 Å². The highest BCUT2D eigenvalue weighted by Gasteiger charge is 2.19. The van der Waals surface area contributed by atoms with E-state index in [1.807, 2.05) is 13.8 Å². The van der Waals surface area contributed by atoms with Crippen LogP contribution in [-0.2, 0) is 6.42 Å². The molecule has 0 N–H and O–H groups in total. The Morgan fingerprint density at radius 1 is 1.43 bits per heavy atom. The van der Waals surface area contributed by atoms with Gasteiger partial charge in [-0.05, 0) is 30.4 Å². The Kier molecular flexibility index (Phi) is 3.93. The fraction of sp³-hybridized carbons (Fsp3) is 0.583. The van der Waals surface area contributed by atoms with Crippen LogP contribution in [0, 0.1) is 0 Å². The van der Waals surface area contributed by atoms with Crippen molar-refractivity contribution in [2.75, 3.05) is 7.11 Å². The molecule has 1 aliphatic rings. The maximum absolute atomic E-state index is 5.11. The zero-order valence-corrected chi connectivity index (χ0v) is 9.50. The largest absolute Gasteiger partial charge is 0.495 e. The highest BCUT2D eigenvalue weighted by molar-refractivity contribution is 5.34. The van der Waals surface area contributed by atoms with E-state index in [4.69, 9.17) is 4.74 Å². The van der Waals surface area contributed by atoms with Gasteiger partial charge in [0.15, 0.2) is 0 Å². The molecule has 0 saturated carbocycles. The van der Waals surface area contributed by atoms with Crippen LogP contribution in [0.1, 0.15) is 44.4 Å². The molecular weight excluding hydrogens is 174 g/mol. The van der Waals surface area contributed by atoms with Crippen molar-refractivity contribution in [1.29, 1.82) is 0 Å². The van der Waals surface area contributed by atoms with E-state index in [1.54, 1.807) is 13.3 Å². The summed E-state index contributed by atoms with van der Waals surface area (Å²) in [4.78, 5) is 4.39. The minimum atomic E-state index is 0.630. The number of aromatic nitrogens is 1. The van der Waals surface area contributed by atoms with E-state index in [2.05, 4.69) is 18.0 Å². The van der Waals surface area contributed by atoms with Gasteiger partial charge in [-0.3, -0.25) is 4.98 Å². The third-order valence-electron chi connectivity index (χ3n) is 2.53. The molecule has 1 heterocycles. The van der Waals surface area contributed by atoms with E-state index in [1.165, 1.54) is 17.7 Å². The predicted molar refractivity (Wildman–Crippen MR) is 58.9 cm³/mol. The van der Waals surface area contributed by atoms with Crippen molar-refractivity contribution in [2.24, 2.45) is 0 Å². The van der Waals surface area contributed by atoms with Gasteiger partial charge in [0, 0.05) is 5.69 Å². The predicted octanol–water partition coefficient (Wildman–Crippen LogP) is 3.17. The lowest BCUT2D eigenvalue weighted by Crippen LogP contribution is -1.93. The number of hydrogen-bond donors (Lipinski definition) is 0. The average molecular weight is 193 g/mol.